The monoisotopic (exact) mass is 637 g/mol. The zero-order chi connectivity index (χ0) is 33.3. The van der Waals surface area contributed by atoms with Crippen LogP contribution in [0, 0.1) is 0 Å². The Labute approximate surface area is 291 Å². The minimum absolute atomic E-state index is 0.840. The van der Waals surface area contributed by atoms with Crippen molar-refractivity contribution in [1.29, 1.82) is 0 Å². The molecule has 3 heterocycles. The van der Waals surface area contributed by atoms with Crippen LogP contribution in [-0.2, 0) is 0 Å². The second kappa shape index (κ2) is 12.7. The number of hydrogen-bond donors (Lipinski definition) is 0. The Morgan fingerprint density at radius 2 is 0.860 bits per heavy atom. The molecule has 0 N–H and O–H groups in total. The van der Waals surface area contributed by atoms with Gasteiger partial charge in [0.1, 0.15) is 0 Å². The summed E-state index contributed by atoms with van der Waals surface area (Å²) in [7, 11) is 0. The molecular formula is C47H31N3. The fraction of sp³-hybridized carbons (Fsp3) is 0. The lowest BCUT2D eigenvalue weighted by molar-refractivity contribution is 1.28. The summed E-state index contributed by atoms with van der Waals surface area (Å²) in [6, 6.07) is 63.7. The molecule has 9 rings (SSSR count). The Kier molecular flexibility index (Phi) is 7.49. The summed E-state index contributed by atoms with van der Waals surface area (Å²) in [5, 5.41) is 2.19. The summed E-state index contributed by atoms with van der Waals surface area (Å²) in [4.78, 5) is 15.1. The minimum atomic E-state index is 0.840. The number of aromatic nitrogens is 3. The van der Waals surface area contributed by atoms with Gasteiger partial charge in [0.15, 0.2) is 0 Å². The number of benzene rings is 6. The molecular weight excluding hydrogens is 607 g/mol. The lowest BCUT2D eigenvalue weighted by Crippen LogP contribution is -1.93. The summed E-state index contributed by atoms with van der Waals surface area (Å²) in [5.74, 6) is 0. The maximum atomic E-state index is 5.23. The maximum absolute atomic E-state index is 5.23. The summed E-state index contributed by atoms with van der Waals surface area (Å²) < 4.78 is 0. The molecule has 0 amide bonds. The van der Waals surface area contributed by atoms with E-state index in [4.69, 9.17) is 15.0 Å². The molecule has 0 bridgehead atoms. The predicted octanol–water partition coefficient (Wildman–Crippen LogP) is 12.2. The van der Waals surface area contributed by atoms with Crippen LogP contribution in [0.5, 0.6) is 0 Å². The van der Waals surface area contributed by atoms with Crippen LogP contribution in [0.4, 0.5) is 0 Å². The van der Waals surface area contributed by atoms with Gasteiger partial charge in [-0.25, -0.2) is 9.97 Å². The SMILES string of the molecule is c1ccc(-c2cccc(-c3ccc4nc(-c5cccc(-c6ccccc6)c5)cc(-c5ccc(-c6ccc7ccccc7n6)nc5)c4c3)c2)cc1. The standard InChI is InChI=1S/C47H31N3/c1-3-11-32(12-4-1)35-16-9-18-37(27-35)38-22-24-44-42(29-38)41(30-47(50-44)39-19-10-17-36(28-39)33-13-5-2-6-14-33)40-23-25-45(48-31-40)46-26-21-34-15-7-8-20-43(34)49-46/h1-31H. The fourth-order valence-corrected chi connectivity index (χ4v) is 6.70. The lowest BCUT2D eigenvalue weighted by atomic mass is 9.94. The van der Waals surface area contributed by atoms with Crippen molar-refractivity contribution < 1.29 is 0 Å². The number of para-hydroxylation sites is 1. The first-order chi connectivity index (χ1) is 24.7. The highest BCUT2D eigenvalue weighted by Gasteiger charge is 2.14. The van der Waals surface area contributed by atoms with Crippen molar-refractivity contribution >= 4 is 21.8 Å². The molecule has 0 unspecified atom stereocenters. The smallest absolute Gasteiger partial charge is 0.0893 e. The molecule has 3 aromatic heterocycles. The first kappa shape index (κ1) is 29.4. The van der Waals surface area contributed by atoms with E-state index in [0.29, 0.717) is 0 Å². The fourth-order valence-electron chi connectivity index (χ4n) is 6.70. The topological polar surface area (TPSA) is 38.7 Å². The maximum Gasteiger partial charge on any atom is 0.0893 e. The van der Waals surface area contributed by atoms with Crippen LogP contribution in [-0.4, -0.2) is 15.0 Å². The molecule has 0 atom stereocenters. The third-order valence-electron chi connectivity index (χ3n) is 9.31. The largest absolute Gasteiger partial charge is 0.254 e. The highest BCUT2D eigenvalue weighted by molar-refractivity contribution is 5.99. The van der Waals surface area contributed by atoms with E-state index in [9.17, 15) is 0 Å². The van der Waals surface area contributed by atoms with Crippen molar-refractivity contribution in [1.82, 2.24) is 15.0 Å². The molecule has 0 aliphatic carbocycles. The first-order valence-electron chi connectivity index (χ1n) is 16.8. The van der Waals surface area contributed by atoms with Crippen LogP contribution < -0.4 is 0 Å². The van der Waals surface area contributed by atoms with Gasteiger partial charge in [0.2, 0.25) is 0 Å². The van der Waals surface area contributed by atoms with Gasteiger partial charge in [-0.05, 0) is 87.5 Å². The molecule has 3 heteroatoms. The van der Waals surface area contributed by atoms with Crippen molar-refractivity contribution in [3.63, 3.8) is 0 Å². The average Bonchev–Trinajstić information content (AvgIpc) is 3.21. The van der Waals surface area contributed by atoms with E-state index in [2.05, 4.69) is 152 Å². The van der Waals surface area contributed by atoms with E-state index in [1.54, 1.807) is 0 Å². The average molecular weight is 638 g/mol. The Hall–Kier alpha value is -6.71. The van der Waals surface area contributed by atoms with E-state index in [-0.39, 0.29) is 0 Å². The molecule has 3 nitrogen and oxygen atoms in total. The van der Waals surface area contributed by atoms with Crippen LogP contribution in [0.25, 0.3) is 89.0 Å². The number of hydrogen-bond acceptors (Lipinski definition) is 3. The molecule has 6 aromatic carbocycles. The Bertz CT molecular complexity index is 2630. The lowest BCUT2D eigenvalue weighted by Gasteiger charge is -2.14. The van der Waals surface area contributed by atoms with Gasteiger partial charge in [-0.3, -0.25) is 4.98 Å². The van der Waals surface area contributed by atoms with Gasteiger partial charge in [0.25, 0.3) is 0 Å². The normalized spacial score (nSPS) is 11.2. The van der Waals surface area contributed by atoms with Crippen molar-refractivity contribution in [3.8, 4) is 67.2 Å². The number of fused-ring (bicyclic) bond motifs is 2. The molecule has 0 aliphatic heterocycles. The second-order valence-corrected chi connectivity index (χ2v) is 12.5. The van der Waals surface area contributed by atoms with Crippen LogP contribution in [0.15, 0.2) is 188 Å². The second-order valence-electron chi connectivity index (χ2n) is 12.5. The molecule has 0 saturated carbocycles. The predicted molar refractivity (Wildman–Crippen MR) is 207 cm³/mol. The molecule has 9 aromatic rings. The molecule has 0 aliphatic rings. The molecule has 0 saturated heterocycles. The van der Waals surface area contributed by atoms with Gasteiger partial charge < -0.3 is 0 Å². The number of nitrogens with zero attached hydrogens (tertiary/aromatic N) is 3. The number of pyridine rings is 3. The van der Waals surface area contributed by atoms with E-state index in [1.807, 2.05) is 36.5 Å². The quantitative estimate of drug-likeness (QED) is 0.182. The van der Waals surface area contributed by atoms with Gasteiger partial charge in [0.05, 0.1) is 28.1 Å². The Morgan fingerprint density at radius 3 is 1.58 bits per heavy atom. The van der Waals surface area contributed by atoms with Crippen molar-refractivity contribution in [2.45, 2.75) is 0 Å². The highest BCUT2D eigenvalue weighted by atomic mass is 14.8. The summed E-state index contributed by atoms with van der Waals surface area (Å²) >= 11 is 0. The van der Waals surface area contributed by atoms with E-state index >= 15 is 0 Å². The Morgan fingerprint density at radius 1 is 0.300 bits per heavy atom. The zero-order valence-corrected chi connectivity index (χ0v) is 27.2. The Balaban J connectivity index is 1.17. The highest BCUT2D eigenvalue weighted by Crippen LogP contribution is 2.37. The van der Waals surface area contributed by atoms with E-state index in [1.165, 1.54) is 16.7 Å². The van der Waals surface area contributed by atoms with E-state index < -0.39 is 0 Å². The van der Waals surface area contributed by atoms with Crippen LogP contribution >= 0.6 is 0 Å². The first-order valence-corrected chi connectivity index (χ1v) is 16.8. The third kappa shape index (κ3) is 5.72. The van der Waals surface area contributed by atoms with Gasteiger partial charge in [-0.15, -0.1) is 0 Å². The molecule has 0 fully saturated rings. The van der Waals surface area contributed by atoms with Crippen LogP contribution in [0.1, 0.15) is 0 Å². The van der Waals surface area contributed by atoms with Gasteiger partial charge in [-0.2, -0.15) is 0 Å². The van der Waals surface area contributed by atoms with Gasteiger partial charge in [0, 0.05) is 28.1 Å². The van der Waals surface area contributed by atoms with Gasteiger partial charge in [-0.1, -0.05) is 133 Å². The van der Waals surface area contributed by atoms with E-state index in [0.717, 1.165) is 72.3 Å². The van der Waals surface area contributed by atoms with Crippen molar-refractivity contribution in [2.75, 3.05) is 0 Å². The number of rotatable bonds is 6. The zero-order valence-electron chi connectivity index (χ0n) is 27.2. The summed E-state index contributed by atoms with van der Waals surface area (Å²) in [6.07, 6.45) is 1.97. The summed E-state index contributed by atoms with van der Waals surface area (Å²) in [5.41, 5.74) is 14.7. The minimum Gasteiger partial charge on any atom is -0.254 e. The molecule has 50 heavy (non-hydrogen) atoms. The molecule has 234 valence electrons. The van der Waals surface area contributed by atoms with Crippen LogP contribution in [0.3, 0.4) is 0 Å². The molecule has 0 spiro atoms. The van der Waals surface area contributed by atoms with Crippen LogP contribution in [0.2, 0.25) is 0 Å². The van der Waals surface area contributed by atoms with Crippen molar-refractivity contribution in [3.05, 3.63) is 188 Å². The van der Waals surface area contributed by atoms with Gasteiger partial charge >= 0.3 is 0 Å². The summed E-state index contributed by atoms with van der Waals surface area (Å²) in [6.45, 7) is 0. The van der Waals surface area contributed by atoms with Crippen molar-refractivity contribution in [2.24, 2.45) is 0 Å². The molecule has 0 radical (unpaired) electrons. The third-order valence-corrected chi connectivity index (χ3v) is 9.31.